The summed E-state index contributed by atoms with van der Waals surface area (Å²) in [6.45, 7) is 0. The first-order chi connectivity index (χ1) is 2.27. The second-order valence-electron chi connectivity index (χ2n) is 0.379. The Bertz CT molecular complexity index is 44.9. The summed E-state index contributed by atoms with van der Waals surface area (Å²) in [5.74, 6) is 0. The molecule has 0 fully saturated rings. The summed E-state index contributed by atoms with van der Waals surface area (Å²) in [5.41, 5.74) is 6.07. The Hall–Kier alpha value is 0.500. The van der Waals surface area contributed by atoms with E-state index in [1.807, 2.05) is 0 Å². The van der Waals surface area contributed by atoms with Crippen molar-refractivity contribution in [2.45, 2.75) is 0 Å². The van der Waals surface area contributed by atoms with E-state index in [-0.39, 0.29) is 0 Å². The van der Waals surface area contributed by atoms with Crippen LogP contribution in [-0.2, 0) is 8.54 Å². The average molecular weight is 112 g/mol. The first kappa shape index (κ1) is 5.50. The maximum absolute atomic E-state index is 9.37. The lowest BCUT2D eigenvalue weighted by atomic mass is 13.9. The van der Waals surface area contributed by atoms with E-state index in [2.05, 4.69) is 16.9 Å². The summed E-state index contributed by atoms with van der Waals surface area (Å²) in [4.78, 5) is 0. The van der Waals surface area contributed by atoms with Crippen LogP contribution in [0.4, 0.5) is 0 Å². The molecule has 0 saturated carbocycles. The summed E-state index contributed by atoms with van der Waals surface area (Å²) in [5, 5.41) is 0. The molecule has 0 saturated heterocycles. The van der Waals surface area contributed by atoms with Crippen LogP contribution >= 0.6 is 21.1 Å². The predicted octanol–water partition coefficient (Wildman–Crippen LogP) is 0.520. The average Bonchev–Trinajstić information content (AvgIpc) is 1.38. The van der Waals surface area contributed by atoms with Crippen LogP contribution in [0.25, 0.3) is 0 Å². The zero-order valence-electron chi connectivity index (χ0n) is 2.26. The number of thiol groups is 1. The third-order valence-corrected chi connectivity index (χ3v) is 0.746. The lowest BCUT2D eigenvalue weighted by Crippen LogP contribution is -1.50. The van der Waals surface area contributed by atoms with Gasteiger partial charge in [0, 0.05) is 0 Å². The highest BCUT2D eigenvalue weighted by molar-refractivity contribution is 7.79. The first-order valence-corrected chi connectivity index (χ1v) is 2.52. The van der Waals surface area contributed by atoms with E-state index in [1.54, 1.807) is 0 Å². The minimum atomic E-state index is -2.51. The first-order valence-electron chi connectivity index (χ1n) is 0.841. The summed E-state index contributed by atoms with van der Waals surface area (Å²) >= 11 is 3.06. The minimum Gasteiger partial charge on any atom is -0.276 e. The smallest absolute Gasteiger partial charge is 0.276 e. The third kappa shape index (κ3) is 4.50. The van der Waals surface area contributed by atoms with Gasteiger partial charge in [-0.1, -0.05) is 0 Å². The molecular weight excluding hydrogens is 109 g/mol. The molecule has 0 heterocycles. The van der Waals surface area contributed by atoms with E-state index in [0.29, 0.717) is 0 Å². The number of hydrogen-bond donors (Lipinski definition) is 1. The number of hydrogen-bond acceptors (Lipinski definition) is 3. The van der Waals surface area contributed by atoms with Crippen LogP contribution in [0.5, 0.6) is 0 Å². The molecule has 0 aliphatic rings. The second-order valence-corrected chi connectivity index (χ2v) is 1.68. The summed E-state index contributed by atoms with van der Waals surface area (Å²) in [6.07, 6.45) is 0. The van der Waals surface area contributed by atoms with Crippen LogP contribution in [0.15, 0.2) is 0 Å². The lowest BCUT2D eigenvalue weighted by Gasteiger charge is -1.76. The molecule has 0 amide bonds. The molecule has 5 heteroatoms. The Labute approximate surface area is 36.0 Å². The van der Waals surface area contributed by atoms with E-state index in [0.717, 1.165) is 0 Å². The van der Waals surface area contributed by atoms with Crippen molar-refractivity contribution in [1.29, 1.82) is 0 Å². The fourth-order valence-corrected chi connectivity index (χ4v) is 0. The van der Waals surface area contributed by atoms with Gasteiger partial charge in [0.25, 0.3) is 8.18 Å². The van der Waals surface area contributed by atoms with E-state index < -0.39 is 8.18 Å². The van der Waals surface area contributed by atoms with Crippen LogP contribution < -0.4 is 5.50 Å². The second kappa shape index (κ2) is 2.72. The molecular formula is H3NO2PS. The maximum Gasteiger partial charge on any atom is 0.282 e. The van der Waals surface area contributed by atoms with Crippen molar-refractivity contribution in [1.82, 2.24) is 5.50 Å². The van der Waals surface area contributed by atoms with Crippen molar-refractivity contribution in [3.63, 3.8) is 0 Å². The molecule has 0 bridgehead atoms. The van der Waals surface area contributed by atoms with Crippen LogP contribution in [0.1, 0.15) is 0 Å². The van der Waals surface area contributed by atoms with E-state index in [4.69, 9.17) is 5.50 Å². The van der Waals surface area contributed by atoms with Crippen LogP contribution in [0.3, 0.4) is 0 Å². The Morgan fingerprint density at radius 1 is 2.00 bits per heavy atom. The van der Waals surface area contributed by atoms with Gasteiger partial charge in [-0.15, -0.1) is 0 Å². The Balaban J connectivity index is 2.85. The van der Waals surface area contributed by atoms with Gasteiger partial charge >= 0.3 is 0 Å². The van der Waals surface area contributed by atoms with Gasteiger partial charge in [0.1, 0.15) is 0 Å². The molecule has 3 nitrogen and oxygen atoms in total. The molecule has 0 aromatic heterocycles. The molecule has 1 unspecified atom stereocenters. The molecule has 0 aliphatic carbocycles. The van der Waals surface area contributed by atoms with Gasteiger partial charge in [0.05, 0.1) is 0 Å². The highest BCUT2D eigenvalue weighted by Gasteiger charge is 1.75. The monoisotopic (exact) mass is 112 g/mol. The van der Waals surface area contributed by atoms with E-state index >= 15 is 0 Å². The van der Waals surface area contributed by atoms with Crippen molar-refractivity contribution >= 4 is 21.1 Å². The Kier molecular flexibility index (Phi) is 2.99. The summed E-state index contributed by atoms with van der Waals surface area (Å²) in [7, 11) is -2.51. The van der Waals surface area contributed by atoms with Crippen molar-refractivity contribution in [2.24, 2.45) is 0 Å². The van der Waals surface area contributed by atoms with E-state index in [1.165, 1.54) is 0 Å². The topological polar surface area (TPSA) is 50.1 Å². The van der Waals surface area contributed by atoms with Crippen molar-refractivity contribution in [3.05, 3.63) is 0 Å². The quantitative estimate of drug-likeness (QED) is 0.305. The van der Waals surface area contributed by atoms with Crippen molar-refractivity contribution in [2.75, 3.05) is 0 Å². The van der Waals surface area contributed by atoms with Crippen LogP contribution in [0, 0.1) is 0 Å². The summed E-state index contributed by atoms with van der Waals surface area (Å²) in [6, 6.07) is 0. The molecule has 0 spiro atoms. The van der Waals surface area contributed by atoms with Gasteiger partial charge in [0.15, 0.2) is 0 Å². The van der Waals surface area contributed by atoms with Gasteiger partial charge < -0.3 is 0 Å². The fourth-order valence-electron chi connectivity index (χ4n) is 0. The van der Waals surface area contributed by atoms with Gasteiger partial charge in [-0.25, -0.2) is 0 Å². The zero-order chi connectivity index (χ0) is 4.28. The third-order valence-electron chi connectivity index (χ3n) is 0.0829. The summed E-state index contributed by atoms with van der Waals surface area (Å²) < 4.78 is 13.0. The van der Waals surface area contributed by atoms with Gasteiger partial charge in [-0.2, -0.15) is 5.50 Å². The molecule has 0 aromatic carbocycles. The molecule has 0 rings (SSSR count). The molecule has 1 radical (unpaired) electrons. The van der Waals surface area contributed by atoms with Gasteiger partial charge in [-0.05, 0) is 12.9 Å². The maximum atomic E-state index is 9.37. The molecule has 1 atom stereocenters. The standard InChI is InChI=1S/H3NO2PS/c1-4(2)3-5/h1,4-5H. The fraction of sp³-hybridized carbons (Fsp3) is 0. The normalized spacial score (nSPS) is 14.8. The Morgan fingerprint density at radius 2 is 2.20 bits per heavy atom. The van der Waals surface area contributed by atoms with Gasteiger partial charge in [0.2, 0.25) is 0 Å². The van der Waals surface area contributed by atoms with Crippen molar-refractivity contribution in [3.8, 4) is 0 Å². The lowest BCUT2D eigenvalue weighted by molar-refractivity contribution is 0.536. The molecule has 0 aromatic rings. The highest BCUT2D eigenvalue weighted by atomic mass is 32.1. The molecule has 1 N–H and O–H groups in total. The van der Waals surface area contributed by atoms with Crippen molar-refractivity contribution < 1.29 is 8.54 Å². The van der Waals surface area contributed by atoms with Crippen LogP contribution in [-0.4, -0.2) is 0 Å². The van der Waals surface area contributed by atoms with E-state index in [9.17, 15) is 4.57 Å². The number of rotatable bonds is 1. The highest BCUT2D eigenvalue weighted by Crippen LogP contribution is 2.13. The van der Waals surface area contributed by atoms with Gasteiger partial charge in [-0.3, -0.25) is 8.54 Å². The minimum absolute atomic E-state index is 2.51. The zero-order valence-corrected chi connectivity index (χ0v) is 4.16. The number of nitrogens with one attached hydrogen (secondary N) is 1. The molecule has 31 valence electrons. The molecule has 5 heavy (non-hydrogen) atoms. The molecule has 0 aliphatic heterocycles. The predicted molar refractivity (Wildman–Crippen MR) is 22.2 cm³/mol. The Morgan fingerprint density at radius 3 is 2.20 bits per heavy atom. The van der Waals surface area contributed by atoms with Crippen LogP contribution in [0.2, 0.25) is 0 Å². The SMILES string of the molecule is [NH][PH](=O)OS. The largest absolute Gasteiger partial charge is 0.282 e.